The van der Waals surface area contributed by atoms with Gasteiger partial charge in [0.1, 0.15) is 0 Å². The van der Waals surface area contributed by atoms with E-state index < -0.39 is 0 Å². The number of halogens is 1. The van der Waals surface area contributed by atoms with Crippen molar-refractivity contribution >= 4 is 46.2 Å². The Labute approximate surface area is 191 Å². The first-order valence-electron chi connectivity index (χ1n) is 10.9. The van der Waals surface area contributed by atoms with Crippen molar-refractivity contribution in [3.05, 3.63) is 17.2 Å². The molecule has 2 aromatic rings. The van der Waals surface area contributed by atoms with Gasteiger partial charge in [-0.1, -0.05) is 23.4 Å². The summed E-state index contributed by atoms with van der Waals surface area (Å²) in [5.41, 5.74) is 2.88. The Morgan fingerprint density at radius 2 is 2.00 bits per heavy atom. The molecule has 0 bridgehead atoms. The summed E-state index contributed by atoms with van der Waals surface area (Å²) in [4.78, 5) is 26.4. The van der Waals surface area contributed by atoms with Gasteiger partial charge in [-0.15, -0.1) is 0 Å². The second kappa shape index (κ2) is 10.3. The first-order chi connectivity index (χ1) is 15.1. The third-order valence-electron chi connectivity index (χ3n) is 5.90. The third-order valence-corrected chi connectivity index (χ3v) is 7.43. The van der Waals surface area contributed by atoms with Crippen molar-refractivity contribution in [3.8, 4) is 0 Å². The number of ether oxygens (including phenoxy) is 1. The van der Waals surface area contributed by atoms with Crippen molar-refractivity contribution in [2.75, 3.05) is 63.9 Å². The van der Waals surface area contributed by atoms with Crippen molar-refractivity contribution in [1.29, 1.82) is 0 Å². The number of likely N-dealkylation sites (tertiary alicyclic amines) is 1. The Morgan fingerprint density at radius 3 is 2.68 bits per heavy atom. The molecule has 170 valence electrons. The fourth-order valence-electron chi connectivity index (χ4n) is 4.18. The largest absolute Gasteiger partial charge is 0.450 e. The van der Waals surface area contributed by atoms with E-state index in [2.05, 4.69) is 20.9 Å². The number of carbonyl (C=O) groups excluding carboxylic acids is 1. The number of aromatic nitrogens is 2. The number of β-amino-alcohol motifs (C(OH)–C–C–N with tert-alkyl or cyclic N) is 1. The van der Waals surface area contributed by atoms with Gasteiger partial charge in [0.25, 0.3) is 0 Å². The van der Waals surface area contributed by atoms with Gasteiger partial charge in [0.15, 0.2) is 5.16 Å². The minimum atomic E-state index is -0.214. The topological polar surface area (TPSA) is 84.9 Å². The summed E-state index contributed by atoms with van der Waals surface area (Å²) in [5, 5.41) is 11.2. The van der Waals surface area contributed by atoms with Crippen LogP contribution in [0.3, 0.4) is 0 Å². The van der Waals surface area contributed by atoms with Gasteiger partial charge in [0, 0.05) is 51.1 Å². The molecule has 0 saturated carbocycles. The predicted molar refractivity (Wildman–Crippen MR) is 124 cm³/mol. The molecule has 0 radical (unpaired) electrons. The van der Waals surface area contributed by atoms with Gasteiger partial charge in [0.05, 0.1) is 35.0 Å². The van der Waals surface area contributed by atoms with Crippen LogP contribution in [0.2, 0.25) is 5.02 Å². The molecular weight excluding hydrogens is 438 g/mol. The number of fused-ring (bicyclic) bond motifs is 1. The number of imidazole rings is 1. The molecule has 31 heavy (non-hydrogen) atoms. The molecule has 2 aliphatic heterocycles. The minimum Gasteiger partial charge on any atom is -0.450 e. The molecule has 2 saturated heterocycles. The fraction of sp³-hybridized carbons (Fsp3) is 0.619. The lowest BCUT2D eigenvalue weighted by Gasteiger charge is -2.36. The number of piperazine rings is 1. The van der Waals surface area contributed by atoms with Crippen molar-refractivity contribution in [1.82, 2.24) is 19.8 Å². The highest BCUT2D eigenvalue weighted by atomic mass is 35.5. The zero-order chi connectivity index (χ0) is 21.8. The standard InChI is InChI=1S/C21H30ClN5O3S/c1-2-30-21(29)27-5-3-15(4-6-27)31-20-23-17-13-16(22)19(14-18(17)24-20)26-9-7-25(8-10-26)11-12-28/h13-15,28H,2-12H2,1H3,(H,23,24). The molecule has 0 spiro atoms. The molecule has 0 atom stereocenters. The van der Waals surface area contributed by atoms with Crippen LogP contribution in [0.4, 0.5) is 10.5 Å². The highest BCUT2D eigenvalue weighted by Crippen LogP contribution is 2.34. The lowest BCUT2D eigenvalue weighted by atomic mass is 10.1. The maximum Gasteiger partial charge on any atom is 0.409 e. The molecule has 0 aliphatic carbocycles. The smallest absolute Gasteiger partial charge is 0.409 e. The number of piperidine rings is 1. The fourth-order valence-corrected chi connectivity index (χ4v) is 5.54. The van der Waals surface area contributed by atoms with E-state index in [0.717, 1.165) is 85.6 Å². The van der Waals surface area contributed by atoms with Crippen LogP contribution in [-0.4, -0.2) is 95.2 Å². The van der Waals surface area contributed by atoms with Gasteiger partial charge in [-0.2, -0.15) is 0 Å². The van der Waals surface area contributed by atoms with Crippen molar-refractivity contribution < 1.29 is 14.6 Å². The van der Waals surface area contributed by atoms with Gasteiger partial charge in [0.2, 0.25) is 0 Å². The maximum atomic E-state index is 11.9. The zero-order valence-corrected chi connectivity index (χ0v) is 19.4. The van der Waals surface area contributed by atoms with Gasteiger partial charge < -0.3 is 24.6 Å². The highest BCUT2D eigenvalue weighted by Gasteiger charge is 2.25. The normalized spacial score (nSPS) is 18.7. The highest BCUT2D eigenvalue weighted by molar-refractivity contribution is 7.99. The number of rotatable bonds is 6. The summed E-state index contributed by atoms with van der Waals surface area (Å²) >= 11 is 8.35. The van der Waals surface area contributed by atoms with Crippen molar-refractivity contribution in [2.24, 2.45) is 0 Å². The van der Waals surface area contributed by atoms with Gasteiger partial charge in [-0.25, -0.2) is 9.78 Å². The number of H-pyrrole nitrogens is 1. The van der Waals surface area contributed by atoms with E-state index in [1.165, 1.54) is 0 Å². The number of thioether (sulfide) groups is 1. The number of carbonyl (C=O) groups is 1. The number of nitrogens with zero attached hydrogens (tertiary/aromatic N) is 4. The number of amides is 1. The number of aliphatic hydroxyl groups is 1. The average Bonchev–Trinajstić information content (AvgIpc) is 3.15. The maximum absolute atomic E-state index is 11.9. The van der Waals surface area contributed by atoms with Gasteiger partial charge >= 0.3 is 6.09 Å². The van der Waals surface area contributed by atoms with E-state index in [1.807, 2.05) is 13.0 Å². The summed E-state index contributed by atoms with van der Waals surface area (Å²) in [7, 11) is 0. The number of hydrogen-bond donors (Lipinski definition) is 2. The van der Waals surface area contributed by atoms with E-state index in [0.29, 0.717) is 11.9 Å². The molecule has 3 heterocycles. The monoisotopic (exact) mass is 467 g/mol. The van der Waals surface area contributed by atoms with Crippen LogP contribution < -0.4 is 4.90 Å². The first-order valence-corrected chi connectivity index (χ1v) is 12.2. The summed E-state index contributed by atoms with van der Waals surface area (Å²) in [6.45, 7) is 8.20. The Kier molecular flexibility index (Phi) is 7.47. The number of aliphatic hydroxyl groups excluding tert-OH is 1. The van der Waals surface area contributed by atoms with Crippen LogP contribution in [-0.2, 0) is 4.74 Å². The van der Waals surface area contributed by atoms with Crippen LogP contribution >= 0.6 is 23.4 Å². The molecular formula is C21H30ClN5O3S. The van der Waals surface area contributed by atoms with E-state index in [1.54, 1.807) is 16.7 Å². The Morgan fingerprint density at radius 1 is 1.26 bits per heavy atom. The predicted octanol–water partition coefficient (Wildman–Crippen LogP) is 3.04. The molecule has 1 aromatic heterocycles. The zero-order valence-electron chi connectivity index (χ0n) is 17.8. The lowest BCUT2D eigenvalue weighted by molar-refractivity contribution is 0.100. The molecule has 8 nitrogen and oxygen atoms in total. The summed E-state index contributed by atoms with van der Waals surface area (Å²) in [5.74, 6) is 0. The molecule has 2 fully saturated rings. The average molecular weight is 468 g/mol. The summed E-state index contributed by atoms with van der Waals surface area (Å²) < 4.78 is 5.10. The summed E-state index contributed by atoms with van der Waals surface area (Å²) in [6.07, 6.45) is 1.63. The van der Waals surface area contributed by atoms with Crippen LogP contribution in [0.1, 0.15) is 19.8 Å². The second-order valence-corrected chi connectivity index (χ2v) is 9.61. The lowest BCUT2D eigenvalue weighted by Crippen LogP contribution is -2.47. The summed E-state index contributed by atoms with van der Waals surface area (Å²) in [6, 6.07) is 4.04. The number of anilines is 1. The van der Waals surface area contributed by atoms with Crippen LogP contribution in [0.15, 0.2) is 17.3 Å². The third kappa shape index (κ3) is 5.39. The number of aromatic amines is 1. The van der Waals surface area contributed by atoms with E-state index in [9.17, 15) is 4.79 Å². The molecule has 2 N–H and O–H groups in total. The van der Waals surface area contributed by atoms with Crippen molar-refractivity contribution in [3.63, 3.8) is 0 Å². The van der Waals surface area contributed by atoms with Crippen molar-refractivity contribution in [2.45, 2.75) is 30.2 Å². The molecule has 4 rings (SSSR count). The SMILES string of the molecule is CCOC(=O)N1CCC(Sc2nc3cc(N4CCN(CCO)CC4)c(Cl)cc3[nH]2)CC1. The Hall–Kier alpha value is -1.68. The van der Waals surface area contributed by atoms with Crippen LogP contribution in [0, 0.1) is 0 Å². The van der Waals surface area contributed by atoms with E-state index in [-0.39, 0.29) is 12.7 Å². The van der Waals surface area contributed by atoms with E-state index in [4.69, 9.17) is 26.4 Å². The quantitative estimate of drug-likeness (QED) is 0.675. The van der Waals surface area contributed by atoms with Gasteiger partial charge in [-0.3, -0.25) is 4.90 Å². The van der Waals surface area contributed by atoms with Crippen LogP contribution in [0.25, 0.3) is 11.0 Å². The minimum absolute atomic E-state index is 0.197. The molecule has 1 aromatic carbocycles. The Balaban J connectivity index is 1.38. The Bertz CT molecular complexity index is 895. The number of benzene rings is 1. The molecule has 0 unspecified atom stereocenters. The number of nitrogens with one attached hydrogen (secondary N) is 1. The number of hydrogen-bond acceptors (Lipinski definition) is 7. The second-order valence-electron chi connectivity index (χ2n) is 7.92. The van der Waals surface area contributed by atoms with E-state index >= 15 is 0 Å². The van der Waals surface area contributed by atoms with Crippen LogP contribution in [0.5, 0.6) is 0 Å². The van der Waals surface area contributed by atoms with Gasteiger partial charge in [-0.05, 0) is 31.9 Å². The molecule has 2 aliphatic rings. The molecule has 1 amide bonds. The molecule has 10 heteroatoms. The first kappa shape index (κ1) is 22.5.